The van der Waals surface area contributed by atoms with Crippen LogP contribution in [0.4, 0.5) is 0 Å². The van der Waals surface area contributed by atoms with Crippen LogP contribution in [0, 0.1) is 0 Å². The molecule has 5 heteroatoms. The molecule has 0 radical (unpaired) electrons. The fourth-order valence-corrected chi connectivity index (χ4v) is 3.47. The number of benzene rings is 1. The second-order valence-electron chi connectivity index (χ2n) is 8.88. The SMILES string of the molecule is CCNC(=NCCN1CCCN(C)CC1)NCCc1ccc(C(C)(C)C)cc1. The van der Waals surface area contributed by atoms with Gasteiger partial charge in [-0.15, -0.1) is 0 Å². The molecular formula is C23H41N5. The standard InChI is InChI=1S/C23H41N5/c1-6-24-22(26-14-17-28-16-7-15-27(5)18-19-28)25-13-12-20-8-10-21(11-9-20)23(2,3)4/h8-11H,6-7,12-19H2,1-5H3,(H2,24,25,26). The first-order chi connectivity index (χ1) is 13.4. The number of aliphatic imine (C=N–C) groups is 1. The van der Waals surface area contributed by atoms with Gasteiger partial charge >= 0.3 is 0 Å². The molecular weight excluding hydrogens is 346 g/mol. The highest BCUT2D eigenvalue weighted by Crippen LogP contribution is 2.22. The topological polar surface area (TPSA) is 42.9 Å². The lowest BCUT2D eigenvalue weighted by Gasteiger charge is -2.19. The molecule has 28 heavy (non-hydrogen) atoms. The van der Waals surface area contributed by atoms with Crippen LogP contribution in [0.2, 0.25) is 0 Å². The zero-order valence-corrected chi connectivity index (χ0v) is 18.7. The van der Waals surface area contributed by atoms with Crippen molar-refractivity contribution in [2.75, 3.05) is 59.4 Å². The van der Waals surface area contributed by atoms with Crippen LogP contribution in [-0.2, 0) is 11.8 Å². The molecule has 0 unspecified atom stereocenters. The fourth-order valence-electron chi connectivity index (χ4n) is 3.47. The lowest BCUT2D eigenvalue weighted by atomic mass is 9.86. The summed E-state index contributed by atoms with van der Waals surface area (Å²) in [5.74, 6) is 0.931. The molecule has 0 atom stereocenters. The zero-order valence-electron chi connectivity index (χ0n) is 18.7. The molecule has 0 aliphatic carbocycles. The zero-order chi connectivity index (χ0) is 20.4. The normalized spacial score (nSPS) is 17.4. The second-order valence-corrected chi connectivity index (χ2v) is 8.88. The molecule has 2 N–H and O–H groups in total. The van der Waals surface area contributed by atoms with E-state index in [1.807, 2.05) is 0 Å². The van der Waals surface area contributed by atoms with E-state index in [1.165, 1.54) is 30.6 Å². The van der Waals surface area contributed by atoms with Gasteiger partial charge in [0.25, 0.3) is 0 Å². The summed E-state index contributed by atoms with van der Waals surface area (Å²) in [5, 5.41) is 6.85. The Kier molecular flexibility index (Phi) is 9.26. The largest absolute Gasteiger partial charge is 0.357 e. The van der Waals surface area contributed by atoms with Crippen molar-refractivity contribution in [1.29, 1.82) is 0 Å². The van der Waals surface area contributed by atoms with Gasteiger partial charge in [-0.05, 0) is 56.4 Å². The van der Waals surface area contributed by atoms with Gasteiger partial charge in [0.2, 0.25) is 0 Å². The summed E-state index contributed by atoms with van der Waals surface area (Å²) >= 11 is 0. The summed E-state index contributed by atoms with van der Waals surface area (Å²) in [6.45, 7) is 17.3. The van der Waals surface area contributed by atoms with E-state index in [1.54, 1.807) is 0 Å². The van der Waals surface area contributed by atoms with E-state index in [2.05, 4.69) is 79.4 Å². The van der Waals surface area contributed by atoms with Crippen LogP contribution in [0.3, 0.4) is 0 Å². The molecule has 0 bridgehead atoms. The van der Waals surface area contributed by atoms with Gasteiger partial charge in [0.05, 0.1) is 6.54 Å². The Balaban J connectivity index is 1.76. The number of nitrogens with one attached hydrogen (secondary N) is 2. The minimum Gasteiger partial charge on any atom is -0.357 e. The van der Waals surface area contributed by atoms with Gasteiger partial charge in [-0.25, -0.2) is 0 Å². The number of hydrogen-bond acceptors (Lipinski definition) is 3. The molecule has 2 rings (SSSR count). The average Bonchev–Trinajstić information content (AvgIpc) is 2.86. The Morgan fingerprint density at radius 3 is 2.46 bits per heavy atom. The minimum absolute atomic E-state index is 0.213. The summed E-state index contributed by atoms with van der Waals surface area (Å²) in [4.78, 5) is 9.73. The Morgan fingerprint density at radius 1 is 1.04 bits per heavy atom. The van der Waals surface area contributed by atoms with Crippen molar-refractivity contribution in [1.82, 2.24) is 20.4 Å². The highest BCUT2D eigenvalue weighted by molar-refractivity contribution is 5.79. The first kappa shape index (κ1) is 22.7. The third kappa shape index (κ3) is 8.19. The van der Waals surface area contributed by atoms with Crippen molar-refractivity contribution in [3.63, 3.8) is 0 Å². The van der Waals surface area contributed by atoms with Gasteiger partial charge in [0.15, 0.2) is 5.96 Å². The molecule has 1 saturated heterocycles. The number of likely N-dealkylation sites (N-methyl/N-ethyl adjacent to an activating group) is 1. The van der Waals surface area contributed by atoms with Gasteiger partial charge in [-0.2, -0.15) is 0 Å². The van der Waals surface area contributed by atoms with E-state index in [-0.39, 0.29) is 5.41 Å². The molecule has 1 fully saturated rings. The van der Waals surface area contributed by atoms with Gasteiger partial charge in [-0.1, -0.05) is 45.0 Å². The summed E-state index contributed by atoms with van der Waals surface area (Å²) < 4.78 is 0. The van der Waals surface area contributed by atoms with Gasteiger partial charge in [0, 0.05) is 32.7 Å². The van der Waals surface area contributed by atoms with Crippen LogP contribution >= 0.6 is 0 Å². The summed E-state index contributed by atoms with van der Waals surface area (Å²) in [5.41, 5.74) is 2.97. The Hall–Kier alpha value is -1.59. The maximum atomic E-state index is 4.77. The first-order valence-electron chi connectivity index (χ1n) is 10.9. The molecule has 1 aromatic rings. The van der Waals surface area contributed by atoms with E-state index in [4.69, 9.17) is 4.99 Å². The molecule has 0 saturated carbocycles. The maximum Gasteiger partial charge on any atom is 0.191 e. The summed E-state index contributed by atoms with van der Waals surface area (Å²) in [6.07, 6.45) is 2.26. The van der Waals surface area contributed by atoms with Crippen molar-refractivity contribution in [2.24, 2.45) is 4.99 Å². The molecule has 0 spiro atoms. The highest BCUT2D eigenvalue weighted by Gasteiger charge is 2.13. The molecule has 158 valence electrons. The smallest absolute Gasteiger partial charge is 0.191 e. The Morgan fingerprint density at radius 2 is 1.79 bits per heavy atom. The molecule has 5 nitrogen and oxygen atoms in total. The number of rotatable bonds is 7. The minimum atomic E-state index is 0.213. The van der Waals surface area contributed by atoms with Gasteiger partial charge < -0.3 is 20.4 Å². The van der Waals surface area contributed by atoms with E-state index in [9.17, 15) is 0 Å². The summed E-state index contributed by atoms with van der Waals surface area (Å²) in [6, 6.07) is 9.02. The van der Waals surface area contributed by atoms with Crippen LogP contribution in [0.15, 0.2) is 29.3 Å². The summed E-state index contributed by atoms with van der Waals surface area (Å²) in [7, 11) is 2.21. The monoisotopic (exact) mass is 387 g/mol. The van der Waals surface area contributed by atoms with Crippen LogP contribution in [0.5, 0.6) is 0 Å². The lowest BCUT2D eigenvalue weighted by Crippen LogP contribution is -2.39. The maximum absolute atomic E-state index is 4.77. The van der Waals surface area contributed by atoms with Crippen molar-refractivity contribution in [2.45, 2.75) is 46.0 Å². The van der Waals surface area contributed by atoms with E-state index >= 15 is 0 Å². The van der Waals surface area contributed by atoms with Crippen molar-refractivity contribution in [3.05, 3.63) is 35.4 Å². The number of hydrogen-bond donors (Lipinski definition) is 2. The molecule has 1 aliphatic heterocycles. The molecule has 1 aromatic carbocycles. The van der Waals surface area contributed by atoms with Crippen molar-refractivity contribution < 1.29 is 0 Å². The molecule has 1 aliphatic rings. The van der Waals surface area contributed by atoms with Gasteiger partial charge in [-0.3, -0.25) is 4.99 Å². The third-order valence-electron chi connectivity index (χ3n) is 5.37. The quantitative estimate of drug-likeness (QED) is 0.558. The van der Waals surface area contributed by atoms with Gasteiger partial charge in [0.1, 0.15) is 0 Å². The number of guanidine groups is 1. The lowest BCUT2D eigenvalue weighted by molar-refractivity contribution is 0.283. The highest BCUT2D eigenvalue weighted by atomic mass is 15.2. The Labute approximate surface area is 172 Å². The van der Waals surface area contributed by atoms with E-state index < -0.39 is 0 Å². The van der Waals surface area contributed by atoms with Crippen LogP contribution in [-0.4, -0.2) is 75.2 Å². The number of nitrogens with zero attached hydrogens (tertiary/aromatic N) is 3. The van der Waals surface area contributed by atoms with Crippen molar-refractivity contribution >= 4 is 5.96 Å². The predicted octanol–water partition coefficient (Wildman–Crippen LogP) is 2.72. The first-order valence-corrected chi connectivity index (χ1v) is 10.9. The predicted molar refractivity (Wildman–Crippen MR) is 121 cm³/mol. The van der Waals surface area contributed by atoms with Crippen molar-refractivity contribution in [3.8, 4) is 0 Å². The van der Waals surface area contributed by atoms with Crippen LogP contribution < -0.4 is 10.6 Å². The molecule has 0 aromatic heterocycles. The Bertz CT molecular complexity index is 588. The average molecular weight is 388 g/mol. The molecule has 1 heterocycles. The van der Waals surface area contributed by atoms with Crippen LogP contribution in [0.25, 0.3) is 0 Å². The molecule has 0 amide bonds. The van der Waals surface area contributed by atoms with E-state index in [0.29, 0.717) is 0 Å². The van der Waals surface area contributed by atoms with Crippen LogP contribution in [0.1, 0.15) is 45.2 Å². The second kappa shape index (κ2) is 11.4. The third-order valence-corrected chi connectivity index (χ3v) is 5.37. The van der Waals surface area contributed by atoms with E-state index in [0.717, 1.165) is 51.6 Å². The fraction of sp³-hybridized carbons (Fsp3) is 0.696.